The van der Waals surface area contributed by atoms with Gasteiger partial charge in [-0.3, -0.25) is 9.59 Å². The van der Waals surface area contributed by atoms with E-state index >= 15 is 0 Å². The second-order valence-electron chi connectivity index (χ2n) is 6.40. The maximum absolute atomic E-state index is 13.2. The SMILES string of the molecule is CCC(c1ccc(F)cc1)N(C)C(=O)c1cn(C)c(=O)c2ccccc12. The molecule has 0 aliphatic heterocycles. The van der Waals surface area contributed by atoms with Crippen LogP contribution in [0.25, 0.3) is 10.8 Å². The van der Waals surface area contributed by atoms with E-state index in [1.165, 1.54) is 16.7 Å². The van der Waals surface area contributed by atoms with Crippen molar-refractivity contribution in [3.63, 3.8) is 0 Å². The van der Waals surface area contributed by atoms with Crippen LogP contribution in [0, 0.1) is 5.82 Å². The molecular weight excluding hydrogens is 331 g/mol. The summed E-state index contributed by atoms with van der Waals surface area (Å²) in [6, 6.07) is 13.1. The molecule has 0 saturated carbocycles. The van der Waals surface area contributed by atoms with E-state index < -0.39 is 0 Å². The van der Waals surface area contributed by atoms with Crippen LogP contribution in [-0.2, 0) is 7.05 Å². The Morgan fingerprint density at radius 2 is 1.73 bits per heavy atom. The number of carbonyl (C=O) groups is 1. The van der Waals surface area contributed by atoms with Gasteiger partial charge in [0.05, 0.1) is 11.6 Å². The lowest BCUT2D eigenvalue weighted by Crippen LogP contribution is -2.32. The summed E-state index contributed by atoms with van der Waals surface area (Å²) in [4.78, 5) is 27.2. The van der Waals surface area contributed by atoms with Crippen molar-refractivity contribution in [2.45, 2.75) is 19.4 Å². The minimum absolute atomic E-state index is 0.134. The molecule has 0 fully saturated rings. The van der Waals surface area contributed by atoms with Crippen molar-refractivity contribution in [3.05, 3.63) is 82.0 Å². The molecule has 1 heterocycles. The highest BCUT2D eigenvalue weighted by Crippen LogP contribution is 2.26. The van der Waals surface area contributed by atoms with Crippen molar-refractivity contribution >= 4 is 16.7 Å². The van der Waals surface area contributed by atoms with E-state index in [4.69, 9.17) is 0 Å². The van der Waals surface area contributed by atoms with Gasteiger partial charge in [0.2, 0.25) is 0 Å². The van der Waals surface area contributed by atoms with Gasteiger partial charge in [-0.15, -0.1) is 0 Å². The number of aromatic nitrogens is 1. The largest absolute Gasteiger partial charge is 0.335 e. The fourth-order valence-corrected chi connectivity index (χ4v) is 3.34. The Bertz CT molecular complexity index is 1010. The Kier molecular flexibility index (Phi) is 4.89. The maximum atomic E-state index is 13.2. The molecule has 0 saturated heterocycles. The molecule has 2 aromatic carbocycles. The summed E-state index contributed by atoms with van der Waals surface area (Å²) in [5.74, 6) is -0.477. The number of nitrogens with zero attached hydrogens (tertiary/aromatic N) is 2. The molecule has 1 atom stereocenters. The topological polar surface area (TPSA) is 42.3 Å². The molecule has 0 aliphatic rings. The number of benzene rings is 2. The van der Waals surface area contributed by atoms with E-state index in [2.05, 4.69) is 0 Å². The Morgan fingerprint density at radius 1 is 1.12 bits per heavy atom. The maximum Gasteiger partial charge on any atom is 0.258 e. The fourth-order valence-electron chi connectivity index (χ4n) is 3.34. The van der Waals surface area contributed by atoms with Crippen LogP contribution in [0.1, 0.15) is 35.3 Å². The van der Waals surface area contributed by atoms with Gasteiger partial charge in [0.1, 0.15) is 5.82 Å². The van der Waals surface area contributed by atoms with Crippen molar-refractivity contribution in [1.29, 1.82) is 0 Å². The summed E-state index contributed by atoms with van der Waals surface area (Å²) in [5.41, 5.74) is 1.22. The molecule has 0 aliphatic carbocycles. The minimum Gasteiger partial charge on any atom is -0.335 e. The third-order valence-corrected chi connectivity index (χ3v) is 4.75. The van der Waals surface area contributed by atoms with Gasteiger partial charge in [-0.05, 0) is 30.2 Å². The molecule has 26 heavy (non-hydrogen) atoms. The number of rotatable bonds is 4. The molecule has 0 bridgehead atoms. The molecule has 3 aromatic rings. The van der Waals surface area contributed by atoms with Crippen LogP contribution >= 0.6 is 0 Å². The lowest BCUT2D eigenvalue weighted by molar-refractivity contribution is 0.0727. The molecule has 0 spiro atoms. The zero-order chi connectivity index (χ0) is 18.8. The normalized spacial score (nSPS) is 12.2. The molecule has 0 radical (unpaired) electrons. The molecule has 0 N–H and O–H groups in total. The van der Waals surface area contributed by atoms with E-state index in [9.17, 15) is 14.0 Å². The number of hydrogen-bond acceptors (Lipinski definition) is 2. The lowest BCUT2D eigenvalue weighted by atomic mass is 10.0. The van der Waals surface area contributed by atoms with E-state index in [0.717, 1.165) is 5.56 Å². The van der Waals surface area contributed by atoms with Crippen molar-refractivity contribution in [3.8, 4) is 0 Å². The Morgan fingerprint density at radius 3 is 2.35 bits per heavy atom. The van der Waals surface area contributed by atoms with E-state index in [0.29, 0.717) is 22.8 Å². The first-order valence-electron chi connectivity index (χ1n) is 8.55. The second-order valence-corrected chi connectivity index (χ2v) is 6.40. The number of fused-ring (bicyclic) bond motifs is 1. The Labute approximate surface area is 151 Å². The number of hydrogen-bond donors (Lipinski definition) is 0. The summed E-state index contributed by atoms with van der Waals surface area (Å²) in [6.45, 7) is 1.98. The van der Waals surface area contributed by atoms with Gasteiger partial charge >= 0.3 is 0 Å². The molecule has 1 aromatic heterocycles. The van der Waals surface area contributed by atoms with Crippen LogP contribution in [-0.4, -0.2) is 22.4 Å². The number of carbonyl (C=O) groups excluding carboxylic acids is 1. The lowest BCUT2D eigenvalue weighted by Gasteiger charge is -2.28. The monoisotopic (exact) mass is 352 g/mol. The highest BCUT2D eigenvalue weighted by atomic mass is 19.1. The van der Waals surface area contributed by atoms with Gasteiger partial charge < -0.3 is 9.47 Å². The molecule has 1 unspecified atom stereocenters. The third kappa shape index (κ3) is 3.12. The van der Waals surface area contributed by atoms with Crippen LogP contribution in [0.3, 0.4) is 0 Å². The Balaban J connectivity index is 2.05. The third-order valence-electron chi connectivity index (χ3n) is 4.75. The van der Waals surface area contributed by atoms with Crippen molar-refractivity contribution in [1.82, 2.24) is 9.47 Å². The van der Waals surface area contributed by atoms with Gasteiger partial charge in [0, 0.05) is 31.1 Å². The molecule has 5 heteroatoms. The van der Waals surface area contributed by atoms with Crippen molar-refractivity contribution in [2.24, 2.45) is 7.05 Å². The summed E-state index contributed by atoms with van der Waals surface area (Å²) < 4.78 is 14.7. The highest BCUT2D eigenvalue weighted by Gasteiger charge is 2.23. The Hall–Kier alpha value is -2.95. The first kappa shape index (κ1) is 17.9. The quantitative estimate of drug-likeness (QED) is 0.715. The van der Waals surface area contributed by atoms with Gasteiger partial charge in [0.25, 0.3) is 11.5 Å². The number of halogens is 1. The predicted molar refractivity (Wildman–Crippen MR) is 101 cm³/mol. The average Bonchev–Trinajstić information content (AvgIpc) is 2.66. The fraction of sp³-hybridized carbons (Fsp3) is 0.238. The zero-order valence-electron chi connectivity index (χ0n) is 15.1. The van der Waals surface area contributed by atoms with E-state index in [1.54, 1.807) is 55.5 Å². The molecular formula is C21H21FN2O2. The van der Waals surface area contributed by atoms with Crippen LogP contribution in [0.2, 0.25) is 0 Å². The van der Waals surface area contributed by atoms with Crippen LogP contribution in [0.5, 0.6) is 0 Å². The number of pyridine rings is 1. The summed E-state index contributed by atoms with van der Waals surface area (Å²) >= 11 is 0. The van der Waals surface area contributed by atoms with E-state index in [1.807, 2.05) is 13.0 Å². The van der Waals surface area contributed by atoms with Gasteiger partial charge in [-0.1, -0.05) is 37.3 Å². The smallest absolute Gasteiger partial charge is 0.258 e. The summed E-state index contributed by atoms with van der Waals surface area (Å²) in [7, 11) is 3.38. The molecule has 1 amide bonds. The molecule has 134 valence electrons. The second kappa shape index (κ2) is 7.12. The predicted octanol–water partition coefficient (Wildman–Crippen LogP) is 3.90. The van der Waals surface area contributed by atoms with Crippen molar-refractivity contribution in [2.75, 3.05) is 7.05 Å². The summed E-state index contributed by atoms with van der Waals surface area (Å²) in [5, 5.41) is 1.16. The van der Waals surface area contributed by atoms with Gasteiger partial charge in [-0.2, -0.15) is 0 Å². The number of amides is 1. The first-order chi connectivity index (χ1) is 12.4. The van der Waals surface area contributed by atoms with Gasteiger partial charge in [-0.25, -0.2) is 4.39 Å². The molecule has 3 rings (SSSR count). The van der Waals surface area contributed by atoms with Gasteiger partial charge in [0.15, 0.2) is 0 Å². The minimum atomic E-state index is -0.304. The standard InChI is InChI=1S/C21H21FN2O2/c1-4-19(14-9-11-15(22)12-10-14)24(3)21(26)18-13-23(2)20(25)17-8-6-5-7-16(17)18/h5-13,19H,4H2,1-3H3. The first-order valence-corrected chi connectivity index (χ1v) is 8.55. The average molecular weight is 352 g/mol. The number of aryl methyl sites for hydroxylation is 1. The van der Waals surface area contributed by atoms with Crippen LogP contribution < -0.4 is 5.56 Å². The van der Waals surface area contributed by atoms with Crippen molar-refractivity contribution < 1.29 is 9.18 Å². The van der Waals surface area contributed by atoms with E-state index in [-0.39, 0.29) is 23.3 Å². The van der Waals surface area contributed by atoms with Crippen LogP contribution in [0.15, 0.2) is 59.5 Å². The highest BCUT2D eigenvalue weighted by molar-refractivity contribution is 6.06. The zero-order valence-corrected chi connectivity index (χ0v) is 15.1. The summed E-state index contributed by atoms with van der Waals surface area (Å²) in [6.07, 6.45) is 2.28. The van der Waals surface area contributed by atoms with Crippen LogP contribution in [0.4, 0.5) is 4.39 Å². The molecule has 4 nitrogen and oxygen atoms in total.